The van der Waals surface area contributed by atoms with Crippen LogP contribution in [0.3, 0.4) is 0 Å². The van der Waals surface area contributed by atoms with Crippen LogP contribution in [0.15, 0.2) is 10.6 Å². The number of amides is 2. The Labute approximate surface area is 101 Å². The van der Waals surface area contributed by atoms with Crippen LogP contribution in [0, 0.1) is 0 Å². The van der Waals surface area contributed by atoms with Crippen LogP contribution < -0.4 is 10.6 Å². The number of hydrogen-bond donors (Lipinski definition) is 2. The third-order valence-corrected chi connectivity index (χ3v) is 2.08. The molecule has 0 aliphatic rings. The SMILES string of the molecule is COCCNC(=O)Nc1cc(C(C)(C)C)on1. The summed E-state index contributed by atoms with van der Waals surface area (Å²) in [4.78, 5) is 11.4. The van der Waals surface area contributed by atoms with Gasteiger partial charge in [-0.3, -0.25) is 5.32 Å². The monoisotopic (exact) mass is 241 g/mol. The molecule has 1 rings (SSSR count). The van der Waals surface area contributed by atoms with Gasteiger partial charge in [-0.1, -0.05) is 25.9 Å². The lowest BCUT2D eigenvalue weighted by atomic mass is 9.93. The predicted molar refractivity (Wildman–Crippen MR) is 64.1 cm³/mol. The minimum absolute atomic E-state index is 0.126. The van der Waals surface area contributed by atoms with E-state index in [-0.39, 0.29) is 11.4 Å². The molecule has 2 amide bonds. The highest BCUT2D eigenvalue weighted by molar-refractivity contribution is 5.88. The van der Waals surface area contributed by atoms with Crippen LogP contribution >= 0.6 is 0 Å². The van der Waals surface area contributed by atoms with E-state index >= 15 is 0 Å². The number of methoxy groups -OCH3 is 1. The second-order valence-electron chi connectivity index (χ2n) is 4.70. The summed E-state index contributed by atoms with van der Waals surface area (Å²) in [7, 11) is 1.58. The van der Waals surface area contributed by atoms with Crippen LogP contribution in [0.1, 0.15) is 26.5 Å². The van der Waals surface area contributed by atoms with E-state index in [9.17, 15) is 4.79 Å². The minimum Gasteiger partial charge on any atom is -0.383 e. The molecule has 17 heavy (non-hydrogen) atoms. The van der Waals surface area contributed by atoms with Crippen molar-refractivity contribution in [3.63, 3.8) is 0 Å². The predicted octanol–water partition coefficient (Wildman–Crippen LogP) is 1.74. The van der Waals surface area contributed by atoms with Crippen LogP contribution in [-0.4, -0.2) is 31.4 Å². The number of rotatable bonds is 4. The van der Waals surface area contributed by atoms with E-state index in [2.05, 4.69) is 15.8 Å². The molecular formula is C11H19N3O3. The van der Waals surface area contributed by atoms with Gasteiger partial charge in [-0.05, 0) is 0 Å². The van der Waals surface area contributed by atoms with E-state index < -0.39 is 0 Å². The van der Waals surface area contributed by atoms with Gasteiger partial charge in [-0.15, -0.1) is 0 Å². The lowest BCUT2D eigenvalue weighted by Gasteiger charge is -2.12. The molecule has 6 nitrogen and oxygen atoms in total. The first-order valence-corrected chi connectivity index (χ1v) is 5.44. The van der Waals surface area contributed by atoms with E-state index in [4.69, 9.17) is 9.26 Å². The maximum Gasteiger partial charge on any atom is 0.320 e. The number of hydrogen-bond acceptors (Lipinski definition) is 4. The van der Waals surface area contributed by atoms with E-state index in [0.29, 0.717) is 19.0 Å². The van der Waals surface area contributed by atoms with Crippen LogP contribution in [0.4, 0.5) is 10.6 Å². The quantitative estimate of drug-likeness (QED) is 0.787. The fourth-order valence-corrected chi connectivity index (χ4v) is 1.11. The van der Waals surface area contributed by atoms with Crippen molar-refractivity contribution in [1.82, 2.24) is 10.5 Å². The highest BCUT2D eigenvalue weighted by Gasteiger charge is 2.20. The normalized spacial score (nSPS) is 11.3. The Kier molecular flexibility index (Phi) is 4.51. The van der Waals surface area contributed by atoms with Crippen LogP contribution in [-0.2, 0) is 10.2 Å². The van der Waals surface area contributed by atoms with Gasteiger partial charge in [0.15, 0.2) is 5.82 Å². The number of aromatic nitrogens is 1. The van der Waals surface area contributed by atoms with Gasteiger partial charge in [0.25, 0.3) is 0 Å². The fourth-order valence-electron chi connectivity index (χ4n) is 1.11. The number of carbonyl (C=O) groups is 1. The number of carbonyl (C=O) groups excluding carboxylic acids is 1. The first kappa shape index (κ1) is 13.5. The van der Waals surface area contributed by atoms with E-state index in [1.807, 2.05) is 20.8 Å². The molecule has 0 saturated heterocycles. The maximum atomic E-state index is 11.4. The van der Waals surface area contributed by atoms with Gasteiger partial charge in [-0.25, -0.2) is 4.79 Å². The first-order chi connectivity index (χ1) is 7.93. The molecule has 0 radical (unpaired) electrons. The molecule has 1 heterocycles. The van der Waals surface area contributed by atoms with Crippen molar-refractivity contribution < 1.29 is 14.1 Å². The molecule has 0 fully saturated rings. The molecule has 0 saturated carbocycles. The summed E-state index contributed by atoms with van der Waals surface area (Å²) in [5, 5.41) is 8.98. The van der Waals surface area contributed by atoms with Gasteiger partial charge in [0.1, 0.15) is 5.76 Å². The molecule has 0 aromatic carbocycles. The first-order valence-electron chi connectivity index (χ1n) is 5.44. The Morgan fingerprint density at radius 3 is 2.76 bits per heavy atom. The van der Waals surface area contributed by atoms with Crippen molar-refractivity contribution in [2.75, 3.05) is 25.6 Å². The third-order valence-electron chi connectivity index (χ3n) is 2.08. The Hall–Kier alpha value is -1.56. The summed E-state index contributed by atoms with van der Waals surface area (Å²) >= 11 is 0. The standard InChI is InChI=1S/C11H19N3O3/c1-11(2,3)8-7-9(14-17-8)13-10(15)12-5-6-16-4/h7H,5-6H2,1-4H3,(H2,12,13,14,15). The molecule has 6 heteroatoms. The average molecular weight is 241 g/mol. The smallest absolute Gasteiger partial charge is 0.320 e. The molecular weight excluding hydrogens is 222 g/mol. The number of ether oxygens (including phenoxy) is 1. The molecule has 0 unspecified atom stereocenters. The van der Waals surface area contributed by atoms with Crippen molar-refractivity contribution in [1.29, 1.82) is 0 Å². The van der Waals surface area contributed by atoms with Crippen molar-refractivity contribution in [3.8, 4) is 0 Å². The highest BCUT2D eigenvalue weighted by Crippen LogP contribution is 2.24. The number of nitrogens with zero attached hydrogens (tertiary/aromatic N) is 1. The number of anilines is 1. The minimum atomic E-state index is -0.323. The molecule has 0 aliphatic carbocycles. The fraction of sp³-hybridized carbons (Fsp3) is 0.636. The second kappa shape index (κ2) is 5.67. The zero-order valence-electron chi connectivity index (χ0n) is 10.7. The van der Waals surface area contributed by atoms with Crippen LogP contribution in [0.5, 0.6) is 0 Å². The molecule has 1 aromatic heterocycles. The third kappa shape index (κ3) is 4.44. The lowest BCUT2D eigenvalue weighted by Crippen LogP contribution is -2.31. The zero-order chi connectivity index (χ0) is 12.9. The Morgan fingerprint density at radius 1 is 1.53 bits per heavy atom. The molecule has 1 aromatic rings. The summed E-state index contributed by atoms with van der Waals surface area (Å²) in [6.45, 7) is 6.95. The second-order valence-corrected chi connectivity index (χ2v) is 4.70. The van der Waals surface area contributed by atoms with E-state index in [1.165, 1.54) is 0 Å². The molecule has 0 aliphatic heterocycles. The molecule has 2 N–H and O–H groups in total. The Morgan fingerprint density at radius 2 is 2.24 bits per heavy atom. The van der Waals surface area contributed by atoms with Crippen molar-refractivity contribution >= 4 is 11.8 Å². The maximum absolute atomic E-state index is 11.4. The van der Waals surface area contributed by atoms with E-state index in [0.717, 1.165) is 5.76 Å². The number of nitrogens with one attached hydrogen (secondary N) is 2. The van der Waals surface area contributed by atoms with Crippen molar-refractivity contribution in [2.24, 2.45) is 0 Å². The molecule has 96 valence electrons. The van der Waals surface area contributed by atoms with Gasteiger partial charge >= 0.3 is 6.03 Å². The Balaban J connectivity index is 2.46. The van der Waals surface area contributed by atoms with Gasteiger partial charge in [-0.2, -0.15) is 0 Å². The van der Waals surface area contributed by atoms with Gasteiger partial charge in [0, 0.05) is 25.1 Å². The molecule has 0 bridgehead atoms. The Bertz CT molecular complexity index is 368. The molecule has 0 atom stereocenters. The molecule has 0 spiro atoms. The summed E-state index contributed by atoms with van der Waals surface area (Å²) in [6.07, 6.45) is 0. The van der Waals surface area contributed by atoms with Gasteiger partial charge < -0.3 is 14.6 Å². The van der Waals surface area contributed by atoms with Crippen molar-refractivity contribution in [2.45, 2.75) is 26.2 Å². The van der Waals surface area contributed by atoms with Gasteiger partial charge in [0.2, 0.25) is 0 Å². The zero-order valence-corrected chi connectivity index (χ0v) is 10.7. The van der Waals surface area contributed by atoms with Crippen LogP contribution in [0.25, 0.3) is 0 Å². The highest BCUT2D eigenvalue weighted by atomic mass is 16.5. The largest absolute Gasteiger partial charge is 0.383 e. The summed E-state index contributed by atoms with van der Waals surface area (Å²) in [5.74, 6) is 1.13. The summed E-state index contributed by atoms with van der Waals surface area (Å²) in [5.41, 5.74) is -0.126. The topological polar surface area (TPSA) is 76.4 Å². The van der Waals surface area contributed by atoms with Crippen molar-refractivity contribution in [3.05, 3.63) is 11.8 Å². The van der Waals surface area contributed by atoms with Crippen LogP contribution in [0.2, 0.25) is 0 Å². The lowest BCUT2D eigenvalue weighted by molar-refractivity contribution is 0.198. The van der Waals surface area contributed by atoms with Gasteiger partial charge in [0.05, 0.1) is 6.61 Å². The summed E-state index contributed by atoms with van der Waals surface area (Å²) < 4.78 is 9.95. The average Bonchev–Trinajstić information content (AvgIpc) is 2.66. The van der Waals surface area contributed by atoms with E-state index in [1.54, 1.807) is 13.2 Å². The summed E-state index contributed by atoms with van der Waals surface area (Å²) in [6, 6.07) is 1.39. The number of urea groups is 1.